The zero-order valence-corrected chi connectivity index (χ0v) is 17.1. The van der Waals surface area contributed by atoms with Crippen LogP contribution in [0.3, 0.4) is 0 Å². The number of hydrogen-bond acceptors (Lipinski definition) is 2. The predicted molar refractivity (Wildman–Crippen MR) is 102 cm³/mol. The highest BCUT2D eigenvalue weighted by Crippen LogP contribution is 2.48. The molecule has 132 valence electrons. The zero-order valence-electron chi connectivity index (χ0n) is 16.1. The van der Waals surface area contributed by atoms with E-state index in [1.54, 1.807) is 0 Å². The van der Waals surface area contributed by atoms with Crippen molar-refractivity contribution in [2.24, 2.45) is 5.92 Å². The molecule has 0 N–H and O–H groups in total. The van der Waals surface area contributed by atoms with Crippen molar-refractivity contribution in [2.45, 2.75) is 77.3 Å². The molecule has 1 aromatic carbocycles. The molecule has 1 aromatic rings. The maximum atomic E-state index is 6.47. The molecule has 2 bridgehead atoms. The van der Waals surface area contributed by atoms with Gasteiger partial charge in [0.05, 0.1) is 18.5 Å². The van der Waals surface area contributed by atoms with Crippen LogP contribution in [-0.4, -0.2) is 8.32 Å². The van der Waals surface area contributed by atoms with Gasteiger partial charge in [0.1, 0.15) is 0 Å². The van der Waals surface area contributed by atoms with Crippen molar-refractivity contribution < 1.29 is 9.16 Å². The summed E-state index contributed by atoms with van der Waals surface area (Å²) in [5, 5.41) is 0.247. The second kappa shape index (κ2) is 6.34. The highest BCUT2D eigenvalue weighted by atomic mass is 28.4. The lowest BCUT2D eigenvalue weighted by atomic mass is 9.91. The topological polar surface area (TPSA) is 18.5 Å². The third-order valence-electron chi connectivity index (χ3n) is 6.71. The van der Waals surface area contributed by atoms with Gasteiger partial charge >= 0.3 is 0 Å². The molecule has 2 aliphatic rings. The van der Waals surface area contributed by atoms with Crippen molar-refractivity contribution in [3.8, 4) is 0 Å². The van der Waals surface area contributed by atoms with Gasteiger partial charge in [-0.05, 0) is 53.6 Å². The van der Waals surface area contributed by atoms with Crippen LogP contribution in [0.2, 0.25) is 18.1 Å². The summed E-state index contributed by atoms with van der Waals surface area (Å²) < 4.78 is 12.7. The van der Waals surface area contributed by atoms with E-state index in [0.717, 1.165) is 19.3 Å². The molecule has 2 heterocycles. The molecule has 0 saturated carbocycles. The third-order valence-corrected chi connectivity index (χ3v) is 11.1. The van der Waals surface area contributed by atoms with E-state index < -0.39 is 8.32 Å². The number of benzene rings is 1. The standard InChI is InChI=1S/C21H32O2Si/c1-15(2)21(3,4)24(5,6)22-14-16-11-12-19-17-9-7-8-10-18(17)20(13-16)23-19/h7-10,14-15,19-20H,11-13H2,1-6H3/b16-14-/t19-,20+/m1/s1. The van der Waals surface area contributed by atoms with Crippen LogP contribution < -0.4 is 0 Å². The van der Waals surface area contributed by atoms with Crippen molar-refractivity contribution >= 4 is 8.32 Å². The Labute approximate surface area is 148 Å². The quantitative estimate of drug-likeness (QED) is 0.457. The average Bonchev–Trinajstić information content (AvgIpc) is 2.73. The van der Waals surface area contributed by atoms with Gasteiger partial charge in [0.25, 0.3) is 0 Å². The second-order valence-electron chi connectivity index (χ2n) is 8.77. The Morgan fingerprint density at radius 3 is 2.42 bits per heavy atom. The minimum Gasteiger partial charge on any atom is -0.549 e. The fourth-order valence-corrected chi connectivity index (χ4v) is 5.82. The van der Waals surface area contributed by atoms with Gasteiger partial charge in [-0.2, -0.15) is 0 Å². The SMILES string of the molecule is CC(C)C(C)(C)[Si](C)(C)O/C=C1/CC[C@H]2O[C@@H](C1)c1ccccc12. The molecule has 2 aliphatic heterocycles. The molecule has 0 unspecified atom stereocenters. The summed E-state index contributed by atoms with van der Waals surface area (Å²) in [7, 11) is -1.80. The monoisotopic (exact) mass is 344 g/mol. The Morgan fingerprint density at radius 1 is 1.17 bits per heavy atom. The Bertz CT molecular complexity index is 630. The summed E-state index contributed by atoms with van der Waals surface area (Å²) in [5.74, 6) is 0.623. The van der Waals surface area contributed by atoms with Gasteiger partial charge in [-0.3, -0.25) is 0 Å². The van der Waals surface area contributed by atoms with Gasteiger partial charge in [0.15, 0.2) is 0 Å². The van der Waals surface area contributed by atoms with E-state index in [-0.39, 0.29) is 17.2 Å². The molecule has 0 aromatic heterocycles. The van der Waals surface area contributed by atoms with Gasteiger partial charge < -0.3 is 9.16 Å². The molecule has 0 radical (unpaired) electrons. The van der Waals surface area contributed by atoms with E-state index in [9.17, 15) is 0 Å². The lowest BCUT2D eigenvalue weighted by molar-refractivity contribution is 0.0172. The summed E-state index contributed by atoms with van der Waals surface area (Å²) in [4.78, 5) is 0. The van der Waals surface area contributed by atoms with Crippen LogP contribution in [0.15, 0.2) is 36.1 Å². The van der Waals surface area contributed by atoms with Crippen molar-refractivity contribution in [1.82, 2.24) is 0 Å². The highest BCUT2D eigenvalue weighted by molar-refractivity contribution is 6.74. The molecular weight excluding hydrogens is 312 g/mol. The normalized spacial score (nSPS) is 25.7. The van der Waals surface area contributed by atoms with Crippen LogP contribution >= 0.6 is 0 Å². The Morgan fingerprint density at radius 2 is 1.79 bits per heavy atom. The van der Waals surface area contributed by atoms with Crippen molar-refractivity contribution in [2.75, 3.05) is 0 Å². The molecule has 2 nitrogen and oxygen atoms in total. The first kappa shape index (κ1) is 17.8. The fraction of sp³-hybridized carbons (Fsp3) is 0.619. The molecule has 0 spiro atoms. The van der Waals surface area contributed by atoms with Gasteiger partial charge in [-0.15, -0.1) is 0 Å². The average molecular weight is 345 g/mol. The van der Waals surface area contributed by atoms with E-state index in [0.29, 0.717) is 5.92 Å². The van der Waals surface area contributed by atoms with Crippen molar-refractivity contribution in [1.29, 1.82) is 0 Å². The van der Waals surface area contributed by atoms with Gasteiger partial charge in [-0.1, -0.05) is 52.0 Å². The van der Waals surface area contributed by atoms with Gasteiger partial charge in [-0.25, -0.2) is 0 Å². The summed E-state index contributed by atoms with van der Waals surface area (Å²) in [6.45, 7) is 14.0. The van der Waals surface area contributed by atoms with E-state index in [1.165, 1.54) is 16.7 Å². The minimum atomic E-state index is -1.80. The second-order valence-corrected chi connectivity index (χ2v) is 13.3. The first-order chi connectivity index (χ1) is 11.2. The molecule has 2 atom stereocenters. The predicted octanol–water partition coefficient (Wildman–Crippen LogP) is 6.52. The molecule has 1 fully saturated rings. The smallest absolute Gasteiger partial charge is 0.250 e. The van der Waals surface area contributed by atoms with Gasteiger partial charge in [0.2, 0.25) is 8.32 Å². The molecule has 1 saturated heterocycles. The molecule has 3 rings (SSSR count). The van der Waals surface area contributed by atoms with Crippen LogP contribution in [0.4, 0.5) is 0 Å². The first-order valence-corrected chi connectivity index (χ1v) is 12.2. The van der Waals surface area contributed by atoms with E-state index >= 15 is 0 Å². The maximum Gasteiger partial charge on any atom is 0.250 e. The summed E-state index contributed by atoms with van der Waals surface area (Å²) in [6, 6.07) is 8.71. The zero-order chi connectivity index (χ0) is 17.5. The largest absolute Gasteiger partial charge is 0.549 e. The van der Waals surface area contributed by atoms with Crippen molar-refractivity contribution in [3.63, 3.8) is 0 Å². The molecule has 0 aliphatic carbocycles. The fourth-order valence-electron chi connectivity index (χ4n) is 3.67. The molecule has 24 heavy (non-hydrogen) atoms. The van der Waals surface area contributed by atoms with Crippen LogP contribution in [0.1, 0.15) is 70.3 Å². The summed E-state index contributed by atoms with van der Waals surface area (Å²) in [5.41, 5.74) is 4.20. The molecular formula is C21H32O2Si. The van der Waals surface area contributed by atoms with E-state index in [1.807, 2.05) is 0 Å². The van der Waals surface area contributed by atoms with Crippen LogP contribution in [-0.2, 0) is 9.16 Å². The summed E-state index contributed by atoms with van der Waals surface area (Å²) in [6.07, 6.45) is 5.71. The van der Waals surface area contributed by atoms with E-state index in [2.05, 4.69) is 71.3 Å². The summed E-state index contributed by atoms with van der Waals surface area (Å²) >= 11 is 0. The van der Waals surface area contributed by atoms with Crippen molar-refractivity contribution in [3.05, 3.63) is 47.2 Å². The Hall–Kier alpha value is -1.06. The highest BCUT2D eigenvalue weighted by Gasteiger charge is 2.44. The number of fused-ring (bicyclic) bond motifs is 5. The minimum absolute atomic E-state index is 0.214. The molecule has 0 amide bonds. The number of rotatable bonds is 4. The third kappa shape index (κ3) is 3.09. The lowest BCUT2D eigenvalue weighted by Gasteiger charge is -2.41. The lowest BCUT2D eigenvalue weighted by Crippen LogP contribution is -2.44. The Balaban J connectivity index is 1.75. The van der Waals surface area contributed by atoms with Crippen LogP contribution in [0, 0.1) is 5.92 Å². The number of ether oxygens (including phenoxy) is 1. The van der Waals surface area contributed by atoms with Crippen LogP contribution in [0.25, 0.3) is 0 Å². The number of hydrogen-bond donors (Lipinski definition) is 0. The van der Waals surface area contributed by atoms with Gasteiger partial charge in [0, 0.05) is 6.42 Å². The maximum absolute atomic E-state index is 6.47. The van der Waals surface area contributed by atoms with Crippen LogP contribution in [0.5, 0.6) is 0 Å². The first-order valence-electron chi connectivity index (χ1n) is 9.32. The van der Waals surface area contributed by atoms with E-state index in [4.69, 9.17) is 9.16 Å². The Kier molecular flexibility index (Phi) is 4.69. The molecule has 3 heteroatoms.